The number of nitrogens with one attached hydrogen (secondary N) is 1. The summed E-state index contributed by atoms with van der Waals surface area (Å²) >= 11 is 0. The van der Waals surface area contributed by atoms with E-state index in [0.717, 1.165) is 18.7 Å². The Labute approximate surface area is 113 Å². The van der Waals surface area contributed by atoms with E-state index in [2.05, 4.69) is 10.2 Å². The number of likely N-dealkylation sites (N-methyl/N-ethyl adjacent to an activating group) is 1. The number of ether oxygens (including phenoxy) is 1. The van der Waals surface area contributed by atoms with Crippen LogP contribution in [0.3, 0.4) is 0 Å². The first-order chi connectivity index (χ1) is 9.04. The Morgan fingerprint density at radius 1 is 1.42 bits per heavy atom. The zero-order valence-electron chi connectivity index (χ0n) is 11.7. The summed E-state index contributed by atoms with van der Waals surface area (Å²) < 4.78 is 4.99. The van der Waals surface area contributed by atoms with Gasteiger partial charge in [-0.25, -0.2) is 0 Å². The number of nitro groups is 1. The van der Waals surface area contributed by atoms with Gasteiger partial charge in [-0.1, -0.05) is 6.07 Å². The van der Waals surface area contributed by atoms with Gasteiger partial charge in [0.25, 0.3) is 5.69 Å². The molecule has 0 bridgehead atoms. The Balaban J connectivity index is 2.51. The average molecular weight is 267 g/mol. The Bertz CT molecular complexity index is 424. The van der Waals surface area contributed by atoms with E-state index in [1.165, 1.54) is 0 Å². The molecule has 0 fully saturated rings. The molecule has 0 saturated heterocycles. The molecule has 0 aliphatic heterocycles. The topological polar surface area (TPSA) is 67.6 Å². The van der Waals surface area contributed by atoms with E-state index < -0.39 is 0 Å². The molecule has 6 nitrogen and oxygen atoms in total. The van der Waals surface area contributed by atoms with Crippen LogP contribution in [0, 0.1) is 17.0 Å². The molecule has 1 N–H and O–H groups in total. The fourth-order valence-corrected chi connectivity index (χ4v) is 1.68. The van der Waals surface area contributed by atoms with Crippen molar-refractivity contribution in [3.05, 3.63) is 33.9 Å². The van der Waals surface area contributed by atoms with Crippen molar-refractivity contribution in [2.24, 2.45) is 0 Å². The van der Waals surface area contributed by atoms with E-state index in [-0.39, 0.29) is 10.6 Å². The van der Waals surface area contributed by atoms with Crippen LogP contribution >= 0.6 is 0 Å². The van der Waals surface area contributed by atoms with Crippen molar-refractivity contribution in [2.75, 3.05) is 45.7 Å². The maximum Gasteiger partial charge on any atom is 0.292 e. The molecule has 1 aromatic carbocycles. The van der Waals surface area contributed by atoms with Crippen LogP contribution in [0.5, 0.6) is 0 Å². The highest BCUT2D eigenvalue weighted by Crippen LogP contribution is 2.24. The van der Waals surface area contributed by atoms with Gasteiger partial charge in [-0.05, 0) is 25.6 Å². The molecule has 0 radical (unpaired) electrons. The third-order valence-electron chi connectivity index (χ3n) is 2.84. The molecule has 1 aromatic rings. The highest BCUT2D eigenvalue weighted by Gasteiger charge is 2.13. The monoisotopic (exact) mass is 267 g/mol. The number of anilines is 1. The van der Waals surface area contributed by atoms with Crippen molar-refractivity contribution in [2.45, 2.75) is 6.92 Å². The first-order valence-corrected chi connectivity index (χ1v) is 6.21. The Morgan fingerprint density at radius 2 is 2.16 bits per heavy atom. The number of nitro benzene ring substituents is 1. The third kappa shape index (κ3) is 5.23. The molecule has 0 aliphatic carbocycles. The van der Waals surface area contributed by atoms with Gasteiger partial charge in [-0.15, -0.1) is 0 Å². The van der Waals surface area contributed by atoms with E-state index >= 15 is 0 Å². The Morgan fingerprint density at radius 3 is 2.79 bits per heavy atom. The molecular formula is C13H21N3O3. The fraction of sp³-hybridized carbons (Fsp3) is 0.538. The van der Waals surface area contributed by atoms with Gasteiger partial charge in [0.1, 0.15) is 5.69 Å². The number of methoxy groups -OCH3 is 1. The molecular weight excluding hydrogens is 246 g/mol. The maximum absolute atomic E-state index is 11.0. The van der Waals surface area contributed by atoms with E-state index in [4.69, 9.17) is 4.74 Å². The summed E-state index contributed by atoms with van der Waals surface area (Å²) in [6.07, 6.45) is 0. The number of nitrogens with zero attached hydrogens (tertiary/aromatic N) is 2. The number of rotatable bonds is 8. The lowest BCUT2D eigenvalue weighted by Crippen LogP contribution is -2.28. The van der Waals surface area contributed by atoms with Crippen molar-refractivity contribution in [1.29, 1.82) is 0 Å². The zero-order valence-corrected chi connectivity index (χ0v) is 11.7. The predicted octanol–water partition coefficient (Wildman–Crippen LogP) is 1.89. The summed E-state index contributed by atoms with van der Waals surface area (Å²) in [4.78, 5) is 12.7. The van der Waals surface area contributed by atoms with Crippen LogP contribution in [-0.4, -0.2) is 50.2 Å². The van der Waals surface area contributed by atoms with Crippen LogP contribution in [0.1, 0.15) is 5.56 Å². The minimum Gasteiger partial charge on any atom is -0.383 e. The maximum atomic E-state index is 11.0. The van der Waals surface area contributed by atoms with Crippen LogP contribution in [0.15, 0.2) is 18.2 Å². The van der Waals surface area contributed by atoms with E-state index in [1.807, 2.05) is 20.0 Å². The Hall–Kier alpha value is -1.66. The second kappa shape index (κ2) is 7.70. The second-order valence-corrected chi connectivity index (χ2v) is 4.50. The third-order valence-corrected chi connectivity index (χ3v) is 2.84. The van der Waals surface area contributed by atoms with Crippen molar-refractivity contribution in [3.8, 4) is 0 Å². The van der Waals surface area contributed by atoms with E-state index in [9.17, 15) is 10.1 Å². The van der Waals surface area contributed by atoms with Gasteiger partial charge in [0, 0.05) is 32.8 Å². The first kappa shape index (κ1) is 15.4. The van der Waals surface area contributed by atoms with Crippen LogP contribution in [-0.2, 0) is 4.74 Å². The first-order valence-electron chi connectivity index (χ1n) is 6.21. The quantitative estimate of drug-likeness (QED) is 0.575. The summed E-state index contributed by atoms with van der Waals surface area (Å²) in [5, 5.41) is 14.1. The molecule has 0 aliphatic rings. The minimum absolute atomic E-state index is 0.125. The predicted molar refractivity (Wildman–Crippen MR) is 75.7 cm³/mol. The van der Waals surface area contributed by atoms with Gasteiger partial charge >= 0.3 is 0 Å². The normalized spacial score (nSPS) is 10.7. The summed E-state index contributed by atoms with van der Waals surface area (Å²) in [5.41, 5.74) is 1.57. The molecule has 0 heterocycles. The van der Waals surface area contributed by atoms with Crippen molar-refractivity contribution in [1.82, 2.24) is 4.90 Å². The molecule has 6 heteroatoms. The molecule has 1 rings (SSSR count). The molecule has 0 unspecified atom stereocenters. The number of benzene rings is 1. The van der Waals surface area contributed by atoms with Gasteiger partial charge in [0.15, 0.2) is 0 Å². The molecule has 0 spiro atoms. The molecule has 0 aromatic heterocycles. The van der Waals surface area contributed by atoms with Crippen LogP contribution in [0.25, 0.3) is 0 Å². The van der Waals surface area contributed by atoms with Crippen molar-refractivity contribution >= 4 is 11.4 Å². The number of hydrogen-bond donors (Lipinski definition) is 1. The summed E-state index contributed by atoms with van der Waals surface area (Å²) in [6, 6.07) is 5.20. The minimum atomic E-state index is -0.357. The molecule has 0 amide bonds. The van der Waals surface area contributed by atoms with Crippen molar-refractivity contribution in [3.63, 3.8) is 0 Å². The summed E-state index contributed by atoms with van der Waals surface area (Å²) in [7, 11) is 3.66. The molecule has 0 saturated carbocycles. The van der Waals surface area contributed by atoms with E-state index in [1.54, 1.807) is 19.2 Å². The summed E-state index contributed by atoms with van der Waals surface area (Å²) in [6.45, 7) is 4.82. The summed E-state index contributed by atoms with van der Waals surface area (Å²) in [5.74, 6) is 0. The smallest absolute Gasteiger partial charge is 0.292 e. The van der Waals surface area contributed by atoms with Crippen LogP contribution in [0.4, 0.5) is 11.4 Å². The van der Waals surface area contributed by atoms with Crippen molar-refractivity contribution < 1.29 is 9.66 Å². The number of aryl methyl sites for hydroxylation is 1. The molecule has 19 heavy (non-hydrogen) atoms. The van der Waals surface area contributed by atoms with Gasteiger partial charge in [0.05, 0.1) is 11.5 Å². The van der Waals surface area contributed by atoms with Gasteiger partial charge in [-0.2, -0.15) is 0 Å². The highest BCUT2D eigenvalue weighted by molar-refractivity contribution is 5.62. The number of hydrogen-bond acceptors (Lipinski definition) is 5. The van der Waals surface area contributed by atoms with Crippen LogP contribution < -0.4 is 5.32 Å². The van der Waals surface area contributed by atoms with E-state index in [0.29, 0.717) is 18.8 Å². The molecule has 106 valence electrons. The Kier molecular flexibility index (Phi) is 6.24. The highest BCUT2D eigenvalue weighted by atomic mass is 16.6. The lowest BCUT2D eigenvalue weighted by Gasteiger charge is -2.16. The average Bonchev–Trinajstić information content (AvgIpc) is 2.37. The second-order valence-electron chi connectivity index (χ2n) is 4.50. The van der Waals surface area contributed by atoms with Gasteiger partial charge in [-0.3, -0.25) is 10.1 Å². The lowest BCUT2D eigenvalue weighted by atomic mass is 10.2. The largest absolute Gasteiger partial charge is 0.383 e. The SMILES string of the molecule is COCCN(C)CCNc1ccc(C)cc1[N+](=O)[O-]. The lowest BCUT2D eigenvalue weighted by molar-refractivity contribution is -0.384. The zero-order chi connectivity index (χ0) is 14.3. The van der Waals surface area contributed by atoms with Gasteiger partial charge < -0.3 is 15.0 Å². The van der Waals surface area contributed by atoms with Crippen LogP contribution in [0.2, 0.25) is 0 Å². The van der Waals surface area contributed by atoms with Gasteiger partial charge in [0.2, 0.25) is 0 Å². The fourth-order valence-electron chi connectivity index (χ4n) is 1.68. The molecule has 0 atom stereocenters. The standard InChI is InChI=1S/C13H21N3O3/c1-11-4-5-12(13(10-11)16(17)18)14-6-7-15(2)8-9-19-3/h4-5,10,14H,6-9H2,1-3H3.